The highest BCUT2D eigenvalue weighted by atomic mass is 32.3. The summed E-state index contributed by atoms with van der Waals surface area (Å²) in [6.07, 6.45) is 0.728. The molecule has 1 saturated heterocycles. The van der Waals surface area contributed by atoms with E-state index < -0.39 is 16.2 Å². The quantitative estimate of drug-likeness (QED) is 0.654. The first-order valence-electron chi connectivity index (χ1n) is 3.65. The maximum atomic E-state index is 10.4. The largest absolute Gasteiger partial charge is 0.400 e. The summed E-state index contributed by atoms with van der Waals surface area (Å²) in [7, 11) is -4.42. The summed E-state index contributed by atoms with van der Waals surface area (Å²) in [5.41, 5.74) is 0. The summed E-state index contributed by atoms with van der Waals surface area (Å²) in [5.74, 6) is -1.24. The van der Waals surface area contributed by atoms with Gasteiger partial charge in [0.25, 0.3) is 0 Å². The Kier molecular flexibility index (Phi) is 2.44. The second kappa shape index (κ2) is 2.95. The van der Waals surface area contributed by atoms with Crippen molar-refractivity contribution in [3.8, 4) is 0 Å². The summed E-state index contributed by atoms with van der Waals surface area (Å²) >= 11 is 0. The molecule has 1 fully saturated rings. The van der Waals surface area contributed by atoms with E-state index in [2.05, 4.69) is 4.18 Å². The Bertz CT molecular complexity index is 259. The molecule has 0 aliphatic carbocycles. The van der Waals surface area contributed by atoms with Crippen LogP contribution in [0.4, 0.5) is 0 Å². The average Bonchev–Trinajstić information content (AvgIpc) is 2.08. The first-order valence-corrected chi connectivity index (χ1v) is 5.02. The van der Waals surface area contributed by atoms with E-state index in [1.807, 2.05) is 0 Å². The topological polar surface area (TPSA) is 72.8 Å². The van der Waals surface area contributed by atoms with Gasteiger partial charge >= 0.3 is 10.4 Å². The number of rotatable bonds is 2. The van der Waals surface area contributed by atoms with Gasteiger partial charge in [-0.1, -0.05) is 6.92 Å². The molecule has 1 aliphatic rings. The molecule has 2 unspecified atom stereocenters. The van der Waals surface area contributed by atoms with E-state index in [1.165, 1.54) is 6.92 Å². The molecule has 12 heavy (non-hydrogen) atoms. The molecular formula is C6H12O5S. The fraction of sp³-hybridized carbons (Fsp3) is 1.00. The Hall–Kier alpha value is -0.170. The number of ether oxygens (including phenoxy) is 1. The molecule has 1 N–H and O–H groups in total. The zero-order valence-electron chi connectivity index (χ0n) is 6.98. The summed E-state index contributed by atoms with van der Waals surface area (Å²) in [6, 6.07) is 0. The predicted molar refractivity (Wildman–Crippen MR) is 40.8 cm³/mol. The molecular weight excluding hydrogens is 184 g/mol. The standard InChI is InChI=1S/C6H12O5S/c1-5-3-4-10-6(5,2)11-12(7,8)9/h5H,3-4H2,1-2H3,(H,7,8,9). The van der Waals surface area contributed by atoms with Gasteiger partial charge in [0.1, 0.15) is 0 Å². The molecule has 0 amide bonds. The Morgan fingerprint density at radius 3 is 2.58 bits per heavy atom. The molecule has 1 heterocycles. The van der Waals surface area contributed by atoms with Gasteiger partial charge in [0, 0.05) is 5.92 Å². The van der Waals surface area contributed by atoms with Gasteiger partial charge in [-0.25, -0.2) is 4.18 Å². The SMILES string of the molecule is CC1CCOC1(C)OS(=O)(=O)O. The van der Waals surface area contributed by atoms with E-state index in [4.69, 9.17) is 9.29 Å². The van der Waals surface area contributed by atoms with Crippen LogP contribution < -0.4 is 0 Å². The molecule has 1 rings (SSSR count). The minimum Gasteiger partial charge on any atom is -0.349 e. The monoisotopic (exact) mass is 196 g/mol. The Balaban J connectivity index is 2.73. The van der Waals surface area contributed by atoms with Crippen molar-refractivity contribution in [3.63, 3.8) is 0 Å². The highest BCUT2D eigenvalue weighted by molar-refractivity contribution is 7.80. The summed E-state index contributed by atoms with van der Waals surface area (Å²) in [5, 5.41) is 0. The molecule has 0 aromatic carbocycles. The third kappa shape index (κ3) is 2.16. The van der Waals surface area contributed by atoms with Crippen LogP contribution in [0.3, 0.4) is 0 Å². The van der Waals surface area contributed by atoms with Gasteiger partial charge in [-0.15, -0.1) is 0 Å². The van der Waals surface area contributed by atoms with Crippen LogP contribution in [0.1, 0.15) is 20.3 Å². The number of hydrogen-bond donors (Lipinski definition) is 1. The van der Waals surface area contributed by atoms with Crippen molar-refractivity contribution in [1.82, 2.24) is 0 Å². The van der Waals surface area contributed by atoms with Gasteiger partial charge in [-0.05, 0) is 13.3 Å². The van der Waals surface area contributed by atoms with Crippen LogP contribution in [0, 0.1) is 5.92 Å². The molecule has 0 aromatic heterocycles. The van der Waals surface area contributed by atoms with E-state index in [0.717, 1.165) is 6.42 Å². The van der Waals surface area contributed by atoms with E-state index >= 15 is 0 Å². The van der Waals surface area contributed by atoms with Crippen LogP contribution in [0.15, 0.2) is 0 Å². The van der Waals surface area contributed by atoms with Crippen LogP contribution in [-0.4, -0.2) is 25.4 Å². The van der Waals surface area contributed by atoms with Crippen molar-refractivity contribution in [2.45, 2.75) is 26.1 Å². The fourth-order valence-corrected chi connectivity index (χ4v) is 1.79. The van der Waals surface area contributed by atoms with Crippen molar-refractivity contribution in [1.29, 1.82) is 0 Å². The van der Waals surface area contributed by atoms with Crippen molar-refractivity contribution in [2.24, 2.45) is 5.92 Å². The second-order valence-electron chi connectivity index (χ2n) is 3.07. The Morgan fingerprint density at radius 1 is 1.67 bits per heavy atom. The first-order chi connectivity index (χ1) is 5.33. The van der Waals surface area contributed by atoms with Gasteiger partial charge in [0.05, 0.1) is 6.61 Å². The molecule has 0 aromatic rings. The number of hydrogen-bond acceptors (Lipinski definition) is 4. The molecule has 0 bridgehead atoms. The molecule has 2 atom stereocenters. The Morgan fingerprint density at radius 2 is 2.25 bits per heavy atom. The lowest BCUT2D eigenvalue weighted by Gasteiger charge is -2.25. The van der Waals surface area contributed by atoms with Crippen molar-refractivity contribution in [3.05, 3.63) is 0 Å². The minimum atomic E-state index is -4.42. The summed E-state index contributed by atoms with van der Waals surface area (Å²) in [4.78, 5) is 0. The smallest absolute Gasteiger partial charge is 0.349 e. The van der Waals surface area contributed by atoms with Crippen molar-refractivity contribution in [2.75, 3.05) is 6.61 Å². The van der Waals surface area contributed by atoms with Crippen LogP contribution in [0.25, 0.3) is 0 Å². The minimum absolute atomic E-state index is 0.0422. The molecule has 0 radical (unpaired) electrons. The molecule has 1 aliphatic heterocycles. The van der Waals surface area contributed by atoms with Gasteiger partial charge in [-0.2, -0.15) is 8.42 Å². The lowest BCUT2D eigenvalue weighted by Crippen LogP contribution is -2.35. The van der Waals surface area contributed by atoms with Crippen molar-refractivity contribution >= 4 is 10.4 Å². The lowest BCUT2D eigenvalue weighted by molar-refractivity contribution is -0.156. The maximum Gasteiger partial charge on any atom is 0.400 e. The highest BCUT2D eigenvalue weighted by Crippen LogP contribution is 2.33. The molecule has 72 valence electrons. The summed E-state index contributed by atoms with van der Waals surface area (Å²) < 4.78 is 38.7. The molecule has 0 spiro atoms. The summed E-state index contributed by atoms with van der Waals surface area (Å²) in [6.45, 7) is 3.75. The average molecular weight is 196 g/mol. The zero-order chi connectivity index (χ0) is 9.41. The van der Waals surface area contributed by atoms with E-state index in [1.54, 1.807) is 6.92 Å². The predicted octanol–water partition coefficient (Wildman–Crippen LogP) is 0.578. The maximum absolute atomic E-state index is 10.4. The Labute approximate surface area is 71.6 Å². The van der Waals surface area contributed by atoms with Gasteiger partial charge in [0.15, 0.2) is 5.79 Å². The fourth-order valence-electron chi connectivity index (χ4n) is 1.16. The normalized spacial score (nSPS) is 37.1. The van der Waals surface area contributed by atoms with E-state index in [9.17, 15) is 8.42 Å². The molecule has 5 nitrogen and oxygen atoms in total. The highest BCUT2D eigenvalue weighted by Gasteiger charge is 2.41. The van der Waals surface area contributed by atoms with Crippen LogP contribution in [-0.2, 0) is 19.3 Å². The molecule has 6 heteroatoms. The third-order valence-corrected chi connectivity index (χ3v) is 2.65. The van der Waals surface area contributed by atoms with Gasteiger partial charge in [-0.3, -0.25) is 4.55 Å². The van der Waals surface area contributed by atoms with Crippen molar-refractivity contribution < 1.29 is 21.9 Å². The second-order valence-corrected chi connectivity index (χ2v) is 4.09. The third-order valence-electron chi connectivity index (χ3n) is 2.11. The molecule has 0 saturated carbocycles. The van der Waals surface area contributed by atoms with Crippen LogP contribution in [0.5, 0.6) is 0 Å². The van der Waals surface area contributed by atoms with E-state index in [0.29, 0.717) is 6.61 Å². The van der Waals surface area contributed by atoms with Gasteiger partial charge < -0.3 is 4.74 Å². The van der Waals surface area contributed by atoms with E-state index in [-0.39, 0.29) is 5.92 Å². The van der Waals surface area contributed by atoms with Gasteiger partial charge in [0.2, 0.25) is 0 Å². The zero-order valence-corrected chi connectivity index (χ0v) is 7.80. The van der Waals surface area contributed by atoms with Crippen LogP contribution >= 0.6 is 0 Å². The first kappa shape index (κ1) is 9.91. The van der Waals surface area contributed by atoms with Crippen LogP contribution in [0.2, 0.25) is 0 Å². The lowest BCUT2D eigenvalue weighted by atomic mass is 10.0.